The fourth-order valence-corrected chi connectivity index (χ4v) is 1.61. The third-order valence-electron chi connectivity index (χ3n) is 2.42. The summed E-state index contributed by atoms with van der Waals surface area (Å²) in [6.07, 6.45) is 0. The van der Waals surface area contributed by atoms with Gasteiger partial charge in [0.15, 0.2) is 0 Å². The largest absolute Gasteiger partial charge is 0.464 e. The Labute approximate surface area is 122 Å². The fraction of sp³-hybridized carbons (Fsp3) is 0.308. The van der Waals surface area contributed by atoms with E-state index < -0.39 is 0 Å². The molecule has 8 nitrogen and oxygen atoms in total. The van der Waals surface area contributed by atoms with Gasteiger partial charge in [0.2, 0.25) is 5.95 Å². The SMILES string of the molecule is CCOc1nc(NN)nc(Oc2cccc(COC)c2)n1. The van der Waals surface area contributed by atoms with Crippen molar-refractivity contribution in [1.82, 2.24) is 15.0 Å². The molecule has 0 atom stereocenters. The third kappa shape index (κ3) is 4.26. The van der Waals surface area contributed by atoms with Crippen molar-refractivity contribution in [2.45, 2.75) is 13.5 Å². The summed E-state index contributed by atoms with van der Waals surface area (Å²) in [6.45, 7) is 2.75. The van der Waals surface area contributed by atoms with Crippen LogP contribution in [0.5, 0.6) is 17.8 Å². The van der Waals surface area contributed by atoms with E-state index in [4.69, 9.17) is 20.1 Å². The van der Waals surface area contributed by atoms with E-state index in [1.807, 2.05) is 25.1 Å². The molecule has 3 N–H and O–H groups in total. The van der Waals surface area contributed by atoms with Crippen molar-refractivity contribution >= 4 is 5.95 Å². The Morgan fingerprint density at radius 1 is 1.19 bits per heavy atom. The van der Waals surface area contributed by atoms with Crippen molar-refractivity contribution in [2.75, 3.05) is 19.1 Å². The van der Waals surface area contributed by atoms with Gasteiger partial charge in [0.1, 0.15) is 5.75 Å². The van der Waals surface area contributed by atoms with Crippen LogP contribution in [0.1, 0.15) is 12.5 Å². The lowest BCUT2D eigenvalue weighted by molar-refractivity contribution is 0.184. The summed E-state index contributed by atoms with van der Waals surface area (Å²) in [5.74, 6) is 6.06. The van der Waals surface area contributed by atoms with Crippen LogP contribution in [0.15, 0.2) is 24.3 Å². The smallest absolute Gasteiger partial charge is 0.330 e. The zero-order valence-corrected chi connectivity index (χ0v) is 11.9. The van der Waals surface area contributed by atoms with Crippen LogP contribution in [0.4, 0.5) is 5.95 Å². The number of nitrogens with two attached hydrogens (primary N) is 1. The van der Waals surface area contributed by atoms with Crippen LogP contribution in [-0.2, 0) is 11.3 Å². The van der Waals surface area contributed by atoms with Crippen molar-refractivity contribution in [1.29, 1.82) is 0 Å². The van der Waals surface area contributed by atoms with Gasteiger partial charge in [-0.3, -0.25) is 5.43 Å². The maximum Gasteiger partial charge on any atom is 0.330 e. The number of nitrogen functional groups attached to an aromatic ring is 1. The lowest BCUT2D eigenvalue weighted by Crippen LogP contribution is -2.12. The van der Waals surface area contributed by atoms with Gasteiger partial charge >= 0.3 is 12.0 Å². The molecule has 0 bridgehead atoms. The third-order valence-corrected chi connectivity index (χ3v) is 2.42. The zero-order chi connectivity index (χ0) is 15.1. The summed E-state index contributed by atoms with van der Waals surface area (Å²) in [6, 6.07) is 7.65. The van der Waals surface area contributed by atoms with Gasteiger partial charge in [0.05, 0.1) is 13.2 Å². The fourth-order valence-electron chi connectivity index (χ4n) is 1.61. The first-order valence-electron chi connectivity index (χ1n) is 6.36. The van der Waals surface area contributed by atoms with E-state index in [2.05, 4.69) is 20.4 Å². The molecular formula is C13H17N5O3. The van der Waals surface area contributed by atoms with Crippen LogP contribution < -0.4 is 20.7 Å². The molecule has 0 spiro atoms. The lowest BCUT2D eigenvalue weighted by atomic mass is 10.2. The molecular weight excluding hydrogens is 274 g/mol. The van der Waals surface area contributed by atoms with Gasteiger partial charge < -0.3 is 14.2 Å². The van der Waals surface area contributed by atoms with Gasteiger partial charge in [-0.2, -0.15) is 9.97 Å². The van der Waals surface area contributed by atoms with E-state index in [0.29, 0.717) is 19.0 Å². The van der Waals surface area contributed by atoms with E-state index in [1.54, 1.807) is 13.2 Å². The van der Waals surface area contributed by atoms with E-state index in [9.17, 15) is 0 Å². The number of ether oxygens (including phenoxy) is 3. The number of nitrogens with zero attached hydrogens (tertiary/aromatic N) is 3. The van der Waals surface area contributed by atoms with Gasteiger partial charge in [-0.25, -0.2) is 5.84 Å². The van der Waals surface area contributed by atoms with Crippen LogP contribution in [-0.4, -0.2) is 28.7 Å². The average Bonchev–Trinajstić information content (AvgIpc) is 2.48. The highest BCUT2D eigenvalue weighted by Gasteiger charge is 2.09. The molecule has 21 heavy (non-hydrogen) atoms. The molecule has 0 fully saturated rings. The van der Waals surface area contributed by atoms with Crippen LogP contribution in [0, 0.1) is 0 Å². The van der Waals surface area contributed by atoms with Gasteiger partial charge in [-0.05, 0) is 24.6 Å². The molecule has 0 aliphatic carbocycles. The Balaban J connectivity index is 2.21. The molecule has 0 aliphatic heterocycles. The second kappa shape index (κ2) is 7.36. The summed E-state index contributed by atoms with van der Waals surface area (Å²) in [7, 11) is 1.63. The van der Waals surface area contributed by atoms with Crippen molar-refractivity contribution in [3.8, 4) is 17.8 Å². The van der Waals surface area contributed by atoms with Crippen LogP contribution in [0.3, 0.4) is 0 Å². The monoisotopic (exact) mass is 291 g/mol. The van der Waals surface area contributed by atoms with E-state index in [0.717, 1.165) is 5.56 Å². The molecule has 2 aromatic rings. The van der Waals surface area contributed by atoms with Gasteiger partial charge in [-0.15, -0.1) is 4.98 Å². The number of hydrogen-bond donors (Lipinski definition) is 2. The molecule has 8 heteroatoms. The summed E-state index contributed by atoms with van der Waals surface area (Å²) in [5.41, 5.74) is 3.32. The van der Waals surface area contributed by atoms with Crippen molar-refractivity contribution in [3.05, 3.63) is 29.8 Å². The summed E-state index contributed by atoms with van der Waals surface area (Å²) in [5, 5.41) is 0. The standard InChI is InChI=1S/C13H17N5O3/c1-3-20-12-15-11(18-14)16-13(17-12)21-10-6-4-5-9(7-10)8-19-2/h4-7H,3,8,14H2,1-2H3,(H,15,16,17,18). The highest BCUT2D eigenvalue weighted by atomic mass is 16.5. The Morgan fingerprint density at radius 3 is 2.71 bits per heavy atom. The molecule has 0 unspecified atom stereocenters. The maximum atomic E-state index is 5.60. The Hall–Kier alpha value is -2.45. The molecule has 0 radical (unpaired) electrons. The number of hydrazine groups is 1. The minimum atomic E-state index is 0.0935. The quantitative estimate of drug-likeness (QED) is 0.584. The number of anilines is 1. The van der Waals surface area contributed by atoms with E-state index in [1.165, 1.54) is 0 Å². The molecule has 1 aromatic heterocycles. The average molecular weight is 291 g/mol. The summed E-state index contributed by atoms with van der Waals surface area (Å²) >= 11 is 0. The number of hydrogen-bond acceptors (Lipinski definition) is 8. The van der Waals surface area contributed by atoms with E-state index in [-0.39, 0.29) is 18.0 Å². The van der Waals surface area contributed by atoms with Crippen LogP contribution in [0.25, 0.3) is 0 Å². The van der Waals surface area contributed by atoms with E-state index >= 15 is 0 Å². The number of nitrogens with one attached hydrogen (secondary N) is 1. The van der Waals surface area contributed by atoms with Crippen molar-refractivity contribution < 1.29 is 14.2 Å². The van der Waals surface area contributed by atoms with Gasteiger partial charge in [-0.1, -0.05) is 12.1 Å². The highest BCUT2D eigenvalue weighted by molar-refractivity contribution is 5.32. The predicted octanol–water partition coefficient (Wildman–Crippen LogP) is 1.49. The summed E-state index contributed by atoms with van der Waals surface area (Å²) in [4.78, 5) is 12.0. The topological polar surface area (TPSA) is 104 Å². The number of rotatable bonds is 7. The minimum absolute atomic E-state index is 0.0935. The normalized spacial score (nSPS) is 10.2. The molecule has 2 rings (SSSR count). The molecule has 0 saturated heterocycles. The first-order valence-corrected chi connectivity index (χ1v) is 6.36. The highest BCUT2D eigenvalue weighted by Crippen LogP contribution is 2.21. The van der Waals surface area contributed by atoms with Crippen LogP contribution in [0.2, 0.25) is 0 Å². The minimum Gasteiger partial charge on any atom is -0.464 e. The Morgan fingerprint density at radius 2 is 2.00 bits per heavy atom. The second-order valence-electron chi connectivity index (χ2n) is 3.98. The first-order chi connectivity index (χ1) is 10.2. The van der Waals surface area contributed by atoms with Gasteiger partial charge in [0.25, 0.3) is 0 Å². The summed E-state index contributed by atoms with van der Waals surface area (Å²) < 4.78 is 15.9. The number of aromatic nitrogens is 3. The Kier molecular flexibility index (Phi) is 5.24. The molecule has 0 amide bonds. The Bertz CT molecular complexity index is 594. The molecule has 112 valence electrons. The lowest BCUT2D eigenvalue weighted by Gasteiger charge is -2.08. The van der Waals surface area contributed by atoms with Crippen LogP contribution >= 0.6 is 0 Å². The molecule has 1 aromatic carbocycles. The predicted molar refractivity (Wildman–Crippen MR) is 76.0 cm³/mol. The number of benzene rings is 1. The second-order valence-corrected chi connectivity index (χ2v) is 3.98. The molecule has 0 saturated carbocycles. The van der Waals surface area contributed by atoms with Crippen molar-refractivity contribution in [3.63, 3.8) is 0 Å². The molecule has 0 aliphatic rings. The molecule has 1 heterocycles. The number of methoxy groups -OCH3 is 1. The van der Waals surface area contributed by atoms with Crippen molar-refractivity contribution in [2.24, 2.45) is 5.84 Å². The maximum absolute atomic E-state index is 5.60. The zero-order valence-electron chi connectivity index (χ0n) is 11.9. The van der Waals surface area contributed by atoms with Gasteiger partial charge in [0, 0.05) is 7.11 Å². The first kappa shape index (κ1) is 14.9.